The number of rotatable bonds is 7. The van der Waals surface area contributed by atoms with Gasteiger partial charge in [0.25, 0.3) is 0 Å². The molecule has 0 aliphatic carbocycles. The van der Waals surface area contributed by atoms with Crippen molar-refractivity contribution < 1.29 is 25.8 Å². The molecule has 3 aromatic heterocycles. The molecule has 7 rings (SSSR count). The molecule has 0 aliphatic rings. The maximum Gasteiger partial charge on any atom is 2.00 e. The average molecular weight is 840 g/mol. The van der Waals surface area contributed by atoms with Crippen LogP contribution in [-0.2, 0) is 44.7 Å². The van der Waals surface area contributed by atoms with Crippen LogP contribution in [0.2, 0.25) is 0 Å². The summed E-state index contributed by atoms with van der Waals surface area (Å²) in [7, 11) is 0. The Morgan fingerprint density at radius 3 is 2.14 bits per heavy atom. The first-order valence-electron chi connectivity index (χ1n) is 17.3. The number of fused-ring (bicyclic) bond motifs is 3. The smallest absolute Gasteiger partial charge is 0.509 e. The van der Waals surface area contributed by atoms with Gasteiger partial charge in [0, 0.05) is 35.0 Å². The van der Waals surface area contributed by atoms with Crippen LogP contribution in [0.1, 0.15) is 77.6 Å². The minimum absolute atomic E-state index is 0. The molecule has 0 bridgehead atoms. The van der Waals surface area contributed by atoms with Crippen LogP contribution in [0.5, 0.6) is 11.5 Å². The molecule has 0 N–H and O–H groups in total. The molecule has 0 radical (unpaired) electrons. The molecule has 50 heavy (non-hydrogen) atoms. The second kappa shape index (κ2) is 13.7. The van der Waals surface area contributed by atoms with Crippen molar-refractivity contribution >= 4 is 21.8 Å². The predicted octanol–water partition coefficient (Wildman–Crippen LogP) is 11.1. The normalized spacial score (nSPS) is 12.0. The molecule has 256 valence electrons. The number of ether oxygens (including phenoxy) is 1. The van der Waals surface area contributed by atoms with Gasteiger partial charge in [-0.2, -0.15) is 11.2 Å². The summed E-state index contributed by atoms with van der Waals surface area (Å²) in [4.78, 5) is 4.82. The first kappa shape index (κ1) is 35.4. The summed E-state index contributed by atoms with van der Waals surface area (Å²) in [5.74, 6) is 2.09. The molecule has 5 nitrogen and oxygen atoms in total. The first-order valence-corrected chi connectivity index (χ1v) is 17.3. The second-order valence-corrected chi connectivity index (χ2v) is 14.9. The SMILES string of the molecule is CCc1cccc(CC)c1-c1cnn(-c2[c-]c(Oc3[c-]c4c(cc3)c3ccccc3n4-c3cc(C(C)(C)C)ccn3)cc(C(C)(C)C)c2)c1.[Pt+2]. The number of para-hydroxylation sites is 1. The van der Waals surface area contributed by atoms with Crippen molar-refractivity contribution in [1.29, 1.82) is 0 Å². The van der Waals surface area contributed by atoms with Crippen molar-refractivity contribution in [1.82, 2.24) is 19.3 Å². The molecule has 0 saturated carbocycles. The number of benzene rings is 4. The molecular weight excluding hydrogens is 796 g/mol. The molecule has 0 saturated heterocycles. The van der Waals surface area contributed by atoms with Crippen LogP contribution in [0.15, 0.2) is 97.5 Å². The summed E-state index contributed by atoms with van der Waals surface area (Å²) in [6, 6.07) is 34.8. The van der Waals surface area contributed by atoms with E-state index in [-0.39, 0.29) is 31.9 Å². The Hall–Kier alpha value is -4.47. The zero-order chi connectivity index (χ0) is 34.5. The summed E-state index contributed by atoms with van der Waals surface area (Å²) < 4.78 is 10.7. The maximum absolute atomic E-state index is 6.63. The van der Waals surface area contributed by atoms with E-state index in [1.165, 1.54) is 22.3 Å². The van der Waals surface area contributed by atoms with Crippen LogP contribution in [0.3, 0.4) is 0 Å². The van der Waals surface area contributed by atoms with Gasteiger partial charge in [-0.1, -0.05) is 97.3 Å². The molecular formula is C44H44N4OPt. The van der Waals surface area contributed by atoms with E-state index in [2.05, 4.69) is 151 Å². The van der Waals surface area contributed by atoms with E-state index in [0.717, 1.165) is 57.3 Å². The van der Waals surface area contributed by atoms with Crippen LogP contribution in [0.25, 0.3) is 44.4 Å². The Labute approximate surface area is 310 Å². The molecule has 0 unspecified atom stereocenters. The van der Waals surface area contributed by atoms with Gasteiger partial charge in [-0.25, -0.2) is 4.98 Å². The Balaban J connectivity index is 0.00000432. The molecule has 0 aliphatic heterocycles. The van der Waals surface area contributed by atoms with Gasteiger partial charge in [-0.05, 0) is 75.2 Å². The quantitative estimate of drug-likeness (QED) is 0.150. The number of hydrogen-bond donors (Lipinski definition) is 0. The fourth-order valence-corrected chi connectivity index (χ4v) is 6.63. The molecule has 0 fully saturated rings. The second-order valence-electron chi connectivity index (χ2n) is 14.9. The standard InChI is InChI=1S/C44H44N4O.Pt/c1-9-29-14-13-15-30(10-2)42(29)31-27-46-47(28-31)34-22-33(44(6,7)8)23-36(25-34)49-35-18-19-38-37-16-11-12-17-39(37)48(40(38)26-35)41-24-32(20-21-45-41)43(3,4)5;/h11-24,27-28H,9-10H2,1-8H3;/q-2;+2. The van der Waals surface area contributed by atoms with Crippen molar-refractivity contribution in [2.24, 2.45) is 0 Å². The molecule has 0 atom stereocenters. The van der Waals surface area contributed by atoms with Crippen molar-refractivity contribution in [3.63, 3.8) is 0 Å². The number of nitrogens with zero attached hydrogens (tertiary/aromatic N) is 4. The summed E-state index contributed by atoms with van der Waals surface area (Å²) in [5, 5.41) is 7.08. The topological polar surface area (TPSA) is 44.9 Å². The summed E-state index contributed by atoms with van der Waals surface area (Å²) in [5.41, 5.74) is 10.1. The fourth-order valence-electron chi connectivity index (χ4n) is 6.63. The summed E-state index contributed by atoms with van der Waals surface area (Å²) in [6.45, 7) is 17.7. The van der Waals surface area contributed by atoms with Crippen LogP contribution < -0.4 is 4.74 Å². The molecule has 6 heteroatoms. The van der Waals surface area contributed by atoms with E-state index >= 15 is 0 Å². The Morgan fingerprint density at radius 2 is 1.44 bits per heavy atom. The summed E-state index contributed by atoms with van der Waals surface area (Å²) >= 11 is 0. The Bertz CT molecular complexity index is 2290. The third-order valence-corrected chi connectivity index (χ3v) is 9.43. The average Bonchev–Trinajstić information content (AvgIpc) is 3.70. The van der Waals surface area contributed by atoms with E-state index < -0.39 is 0 Å². The molecule has 3 heterocycles. The van der Waals surface area contributed by atoms with Gasteiger partial charge in [0.15, 0.2) is 0 Å². The summed E-state index contributed by atoms with van der Waals surface area (Å²) in [6.07, 6.45) is 7.92. The largest absolute Gasteiger partial charge is 2.00 e. The van der Waals surface area contributed by atoms with Gasteiger partial charge in [0.2, 0.25) is 0 Å². The van der Waals surface area contributed by atoms with E-state index in [9.17, 15) is 0 Å². The third kappa shape index (κ3) is 6.68. The van der Waals surface area contributed by atoms with Crippen molar-refractivity contribution in [2.45, 2.75) is 79.1 Å². The monoisotopic (exact) mass is 839 g/mol. The van der Waals surface area contributed by atoms with E-state index in [4.69, 9.17) is 14.8 Å². The molecule has 7 aromatic rings. The van der Waals surface area contributed by atoms with Crippen molar-refractivity contribution in [2.75, 3.05) is 0 Å². The molecule has 4 aromatic carbocycles. The zero-order valence-electron chi connectivity index (χ0n) is 30.2. The van der Waals surface area contributed by atoms with Gasteiger partial charge in [0.1, 0.15) is 5.82 Å². The van der Waals surface area contributed by atoms with Gasteiger partial charge in [-0.3, -0.25) is 4.68 Å². The predicted molar refractivity (Wildman–Crippen MR) is 201 cm³/mol. The van der Waals surface area contributed by atoms with Crippen LogP contribution >= 0.6 is 0 Å². The number of aromatic nitrogens is 4. The van der Waals surface area contributed by atoms with Gasteiger partial charge in [-0.15, -0.1) is 41.3 Å². The van der Waals surface area contributed by atoms with Crippen molar-refractivity contribution in [3.8, 4) is 34.1 Å². The third-order valence-electron chi connectivity index (χ3n) is 9.43. The van der Waals surface area contributed by atoms with Crippen molar-refractivity contribution in [3.05, 3.63) is 132 Å². The Kier molecular flexibility index (Phi) is 9.67. The van der Waals surface area contributed by atoms with E-state index in [0.29, 0.717) is 11.5 Å². The van der Waals surface area contributed by atoms with Gasteiger partial charge >= 0.3 is 21.1 Å². The molecule has 0 spiro atoms. The molecule has 0 amide bonds. The van der Waals surface area contributed by atoms with Crippen LogP contribution in [-0.4, -0.2) is 19.3 Å². The first-order chi connectivity index (χ1) is 23.4. The maximum atomic E-state index is 6.63. The van der Waals surface area contributed by atoms with Gasteiger partial charge in [0.05, 0.1) is 6.20 Å². The zero-order valence-corrected chi connectivity index (χ0v) is 32.4. The fraction of sp³-hybridized carbons (Fsp3) is 0.273. The number of pyridine rings is 1. The van der Waals surface area contributed by atoms with Crippen LogP contribution in [0.4, 0.5) is 0 Å². The van der Waals surface area contributed by atoms with Gasteiger partial charge < -0.3 is 9.30 Å². The minimum atomic E-state index is -0.119. The van der Waals surface area contributed by atoms with E-state index in [1.54, 1.807) is 0 Å². The Morgan fingerprint density at radius 1 is 0.720 bits per heavy atom. The van der Waals surface area contributed by atoms with Crippen LogP contribution in [0, 0.1) is 12.1 Å². The number of aryl methyl sites for hydroxylation is 2. The van der Waals surface area contributed by atoms with E-state index in [1.807, 2.05) is 23.1 Å². The number of hydrogen-bond acceptors (Lipinski definition) is 3. The minimum Gasteiger partial charge on any atom is -0.509 e.